The Morgan fingerprint density at radius 1 is 1.16 bits per heavy atom. The maximum Gasteiger partial charge on any atom is 0.249 e. The maximum atomic E-state index is 8.81. The van der Waals surface area contributed by atoms with Crippen LogP contribution in [0.3, 0.4) is 0 Å². The molecule has 0 unspecified atom stereocenters. The average Bonchev–Trinajstić information content (AvgIpc) is 2.95. The molecule has 0 aromatic carbocycles. The second-order valence-electron chi connectivity index (χ2n) is 3.46. The van der Waals surface area contributed by atoms with E-state index in [4.69, 9.17) is 10.5 Å². The monoisotopic (exact) mass is 289 g/mol. The molecule has 0 atom stereocenters. The van der Waals surface area contributed by atoms with Crippen molar-refractivity contribution in [3.05, 3.63) is 16.5 Å². The Hall–Kier alpha value is -2.23. The zero-order valence-electron chi connectivity index (χ0n) is 10.0. The van der Waals surface area contributed by atoms with Crippen LogP contribution in [0.5, 0.6) is 0 Å². The van der Waals surface area contributed by atoms with Gasteiger partial charge in [-0.2, -0.15) is 14.9 Å². The molecule has 0 aliphatic heterocycles. The van der Waals surface area contributed by atoms with Gasteiger partial charge in [-0.15, -0.1) is 10.2 Å². The minimum atomic E-state index is -0.864. The minimum Gasteiger partial charge on any atom is -0.242 e. The lowest BCUT2D eigenvalue weighted by Crippen LogP contribution is -1.89. The molecule has 2 aromatic heterocycles. The molecule has 2 heterocycles. The van der Waals surface area contributed by atoms with E-state index in [0.717, 1.165) is 11.5 Å². The Labute approximate surface area is 117 Å². The van der Waals surface area contributed by atoms with Crippen molar-refractivity contribution in [2.24, 2.45) is 10.2 Å². The molecule has 0 amide bonds. The van der Waals surface area contributed by atoms with Crippen LogP contribution in [0.25, 0.3) is 0 Å². The zero-order valence-corrected chi connectivity index (χ0v) is 11.7. The van der Waals surface area contributed by atoms with E-state index < -0.39 is 5.92 Å². The topological polar surface area (TPSA) is 111 Å². The molecular weight excluding hydrogens is 282 g/mol. The number of aryl methyl sites for hydroxylation is 2. The summed E-state index contributed by atoms with van der Waals surface area (Å²) in [6, 6.07) is 3.76. The first-order valence-electron chi connectivity index (χ1n) is 5.12. The van der Waals surface area contributed by atoms with Crippen molar-refractivity contribution in [1.82, 2.24) is 14.3 Å². The van der Waals surface area contributed by atoms with E-state index in [1.54, 1.807) is 13.8 Å². The Morgan fingerprint density at radius 3 is 2.47 bits per heavy atom. The zero-order chi connectivity index (χ0) is 13.8. The Balaban J connectivity index is 2.25. The third kappa shape index (κ3) is 2.96. The summed E-state index contributed by atoms with van der Waals surface area (Å²) in [4.78, 5) is 8.21. The Kier molecular flexibility index (Phi) is 3.90. The first kappa shape index (κ1) is 13.2. The summed E-state index contributed by atoms with van der Waals surface area (Å²) in [5.74, 6) is -0.217. The first-order chi connectivity index (χ1) is 9.13. The molecule has 0 aliphatic carbocycles. The van der Waals surface area contributed by atoms with Crippen molar-refractivity contribution in [2.45, 2.75) is 19.8 Å². The molecule has 7 nitrogen and oxygen atoms in total. The fraction of sp³-hybridized carbons (Fsp3) is 0.300. The minimum absolute atomic E-state index is 0.435. The lowest BCUT2D eigenvalue weighted by atomic mass is 10.2. The van der Waals surface area contributed by atoms with Crippen molar-refractivity contribution in [3.63, 3.8) is 0 Å². The van der Waals surface area contributed by atoms with Crippen LogP contribution in [0.1, 0.15) is 22.4 Å². The number of nitrogens with zero attached hydrogens (tertiary/aromatic N) is 7. The third-order valence-electron chi connectivity index (χ3n) is 2.04. The molecular formula is C10H7N7S2. The van der Waals surface area contributed by atoms with Gasteiger partial charge in [-0.1, -0.05) is 11.3 Å². The third-order valence-corrected chi connectivity index (χ3v) is 3.84. The average molecular weight is 289 g/mol. The number of thiazole rings is 1. The van der Waals surface area contributed by atoms with Gasteiger partial charge in [0.15, 0.2) is 10.9 Å². The maximum absolute atomic E-state index is 8.81. The molecule has 19 heavy (non-hydrogen) atoms. The summed E-state index contributed by atoms with van der Waals surface area (Å²) in [5.41, 5.74) is 0.639. The molecule has 2 aromatic rings. The second-order valence-corrected chi connectivity index (χ2v) is 5.20. The van der Waals surface area contributed by atoms with Crippen LogP contribution in [-0.4, -0.2) is 14.3 Å². The van der Waals surface area contributed by atoms with E-state index in [1.807, 2.05) is 12.1 Å². The summed E-state index contributed by atoms with van der Waals surface area (Å²) in [6.07, 6.45) is 0. The predicted molar refractivity (Wildman–Crippen MR) is 69.6 cm³/mol. The van der Waals surface area contributed by atoms with Crippen molar-refractivity contribution >= 4 is 33.0 Å². The molecule has 94 valence electrons. The highest BCUT2D eigenvalue weighted by Gasteiger charge is 2.16. The van der Waals surface area contributed by atoms with Crippen LogP contribution in [0.2, 0.25) is 0 Å². The molecule has 0 N–H and O–H groups in total. The highest BCUT2D eigenvalue weighted by Crippen LogP contribution is 2.32. The van der Waals surface area contributed by atoms with Gasteiger partial charge in [0.05, 0.1) is 17.8 Å². The van der Waals surface area contributed by atoms with E-state index in [2.05, 4.69) is 24.6 Å². The number of aromatic nitrogens is 3. The van der Waals surface area contributed by atoms with Crippen molar-refractivity contribution in [2.75, 3.05) is 0 Å². The molecule has 2 rings (SSSR count). The van der Waals surface area contributed by atoms with Gasteiger partial charge in [0.25, 0.3) is 0 Å². The number of hydrogen-bond acceptors (Lipinski definition) is 9. The van der Waals surface area contributed by atoms with Crippen LogP contribution in [0, 0.1) is 36.5 Å². The molecule has 0 fully saturated rings. The molecule has 0 radical (unpaired) electrons. The lowest BCUT2D eigenvalue weighted by Gasteiger charge is -1.88. The predicted octanol–water partition coefficient (Wildman–Crippen LogP) is 3.16. The van der Waals surface area contributed by atoms with E-state index in [-0.39, 0.29) is 0 Å². The van der Waals surface area contributed by atoms with E-state index in [0.29, 0.717) is 26.7 Å². The number of hydrogen-bond donors (Lipinski definition) is 0. The van der Waals surface area contributed by atoms with Crippen LogP contribution in [0.15, 0.2) is 10.2 Å². The summed E-state index contributed by atoms with van der Waals surface area (Å²) in [6.45, 7) is 3.53. The van der Waals surface area contributed by atoms with Crippen molar-refractivity contribution in [1.29, 1.82) is 10.5 Å². The summed E-state index contributed by atoms with van der Waals surface area (Å²) in [7, 11) is 0. The van der Waals surface area contributed by atoms with Gasteiger partial charge < -0.3 is 0 Å². The highest BCUT2D eigenvalue weighted by atomic mass is 32.1. The lowest BCUT2D eigenvalue weighted by molar-refractivity contribution is 1.04. The Bertz CT molecular complexity index is 686. The van der Waals surface area contributed by atoms with E-state index in [1.165, 1.54) is 11.3 Å². The van der Waals surface area contributed by atoms with Gasteiger partial charge >= 0.3 is 0 Å². The van der Waals surface area contributed by atoms with Crippen LogP contribution >= 0.6 is 22.9 Å². The van der Waals surface area contributed by atoms with Crippen LogP contribution in [-0.2, 0) is 0 Å². The largest absolute Gasteiger partial charge is 0.249 e. The summed E-state index contributed by atoms with van der Waals surface area (Å²) >= 11 is 2.34. The van der Waals surface area contributed by atoms with Gasteiger partial charge in [0.1, 0.15) is 10.8 Å². The quantitative estimate of drug-likeness (QED) is 0.805. The molecule has 0 bridgehead atoms. The summed E-state index contributed by atoms with van der Waals surface area (Å²) in [5, 5.41) is 27.1. The van der Waals surface area contributed by atoms with Gasteiger partial charge in [0.2, 0.25) is 5.13 Å². The SMILES string of the molecule is Cc1nsc(N=Nc2sc(C(C#N)C#N)nc2C)n1. The fourth-order valence-electron chi connectivity index (χ4n) is 1.18. The smallest absolute Gasteiger partial charge is 0.242 e. The van der Waals surface area contributed by atoms with Crippen LogP contribution < -0.4 is 0 Å². The van der Waals surface area contributed by atoms with Gasteiger partial charge in [-0.25, -0.2) is 9.97 Å². The molecule has 0 saturated carbocycles. The Morgan fingerprint density at radius 2 is 1.89 bits per heavy atom. The van der Waals surface area contributed by atoms with Crippen molar-refractivity contribution in [3.8, 4) is 12.1 Å². The van der Waals surface area contributed by atoms with Gasteiger partial charge in [0, 0.05) is 11.5 Å². The fourth-order valence-corrected chi connectivity index (χ4v) is 2.56. The highest BCUT2D eigenvalue weighted by molar-refractivity contribution is 7.15. The second kappa shape index (κ2) is 5.61. The number of rotatable bonds is 3. The summed E-state index contributed by atoms with van der Waals surface area (Å²) < 4.78 is 3.99. The number of azo groups is 1. The van der Waals surface area contributed by atoms with E-state index in [9.17, 15) is 0 Å². The molecule has 0 saturated heterocycles. The van der Waals surface area contributed by atoms with E-state index >= 15 is 0 Å². The van der Waals surface area contributed by atoms with Crippen LogP contribution in [0.4, 0.5) is 10.1 Å². The molecule has 9 heteroatoms. The standard InChI is InChI=1S/C10H7N7S2/c1-5-8(15-16-10-14-6(2)17-19-10)18-9(13-5)7(3-11)4-12/h7H,1-2H3. The normalized spacial score (nSPS) is 10.8. The number of nitriles is 2. The first-order valence-corrected chi connectivity index (χ1v) is 6.71. The molecule has 0 spiro atoms. The molecule has 0 aliphatic rings. The van der Waals surface area contributed by atoms with Gasteiger partial charge in [-0.3, -0.25) is 0 Å². The van der Waals surface area contributed by atoms with Crippen molar-refractivity contribution < 1.29 is 0 Å². The van der Waals surface area contributed by atoms with Gasteiger partial charge in [-0.05, 0) is 13.8 Å².